The Morgan fingerprint density at radius 1 is 1.24 bits per heavy atom. The highest BCUT2D eigenvalue weighted by Gasteiger charge is 2.22. The molecule has 1 heterocycles. The second-order valence-electron chi connectivity index (χ2n) is 7.01. The predicted octanol–water partition coefficient (Wildman–Crippen LogP) is 2.01. The minimum atomic E-state index is -4.79. The van der Waals surface area contributed by atoms with E-state index in [1.54, 1.807) is 0 Å². The highest BCUT2D eigenvalue weighted by Crippen LogP contribution is 2.34. The van der Waals surface area contributed by atoms with Gasteiger partial charge < -0.3 is 25.9 Å². The van der Waals surface area contributed by atoms with Gasteiger partial charge in [0.1, 0.15) is 17.5 Å². The maximum absolute atomic E-state index is 12.2. The molecule has 1 atom stereocenters. The number of hydrogen-bond acceptors (Lipinski definition) is 7. The van der Waals surface area contributed by atoms with Crippen molar-refractivity contribution in [2.75, 3.05) is 18.5 Å². The molecule has 0 aliphatic heterocycles. The normalized spacial score (nSPS) is 12.3. The molecule has 0 fully saturated rings. The zero-order chi connectivity index (χ0) is 24.2. The number of ether oxygens (including phenoxy) is 1. The lowest BCUT2D eigenvalue weighted by Crippen LogP contribution is -2.44. The maximum Gasteiger partial charge on any atom is 0.411 e. The van der Waals surface area contributed by atoms with Crippen LogP contribution in [0.15, 0.2) is 47.5 Å². The van der Waals surface area contributed by atoms with Crippen molar-refractivity contribution in [2.45, 2.75) is 17.4 Å². The molecule has 3 aromatic rings. The summed E-state index contributed by atoms with van der Waals surface area (Å²) in [5, 5.41) is 15.6. The highest BCUT2D eigenvalue weighted by molar-refractivity contribution is 7.86. The number of aromatic nitrogens is 1. The topological polar surface area (TPSA) is 184 Å². The van der Waals surface area contributed by atoms with Crippen LogP contribution >= 0.6 is 11.6 Å². The molecule has 33 heavy (non-hydrogen) atoms. The van der Waals surface area contributed by atoms with Crippen molar-refractivity contribution in [3.05, 3.63) is 53.2 Å². The lowest BCUT2D eigenvalue weighted by atomic mass is 10.1. The van der Waals surface area contributed by atoms with Crippen LogP contribution in [0.5, 0.6) is 5.75 Å². The van der Waals surface area contributed by atoms with Crippen LogP contribution in [0.3, 0.4) is 0 Å². The summed E-state index contributed by atoms with van der Waals surface area (Å²) in [4.78, 5) is 26.4. The van der Waals surface area contributed by atoms with Crippen LogP contribution in [0.2, 0.25) is 5.02 Å². The number of anilines is 1. The number of fused-ring (bicyclic) bond motifs is 1. The lowest BCUT2D eigenvalue weighted by molar-refractivity contribution is -0.123. The molecule has 2 amide bonds. The molecule has 176 valence electrons. The van der Waals surface area contributed by atoms with Crippen molar-refractivity contribution in [2.24, 2.45) is 5.73 Å². The monoisotopic (exact) mass is 496 g/mol. The fourth-order valence-electron chi connectivity index (χ4n) is 3.04. The standard InChI is InChI=1S/C20H21ClN4O7S/c21-12-7-16(18(26)17(8-12)33(29,30)31)25-20(28)32-10-14(22)19(27)23-6-5-11-9-24-15-4-2-1-3-13(11)15/h1-4,7-9,14,24,26H,5-6,10,22H2,(H,23,27)(H,25,28)(H,29,30,31)/t14-/m0/s1. The fourth-order valence-corrected chi connectivity index (χ4v) is 3.96. The number of rotatable bonds is 8. The van der Waals surface area contributed by atoms with E-state index < -0.39 is 51.1 Å². The molecule has 11 nitrogen and oxygen atoms in total. The van der Waals surface area contributed by atoms with Crippen LogP contribution in [0.4, 0.5) is 10.5 Å². The maximum atomic E-state index is 12.2. The van der Waals surface area contributed by atoms with Crippen molar-refractivity contribution >= 4 is 50.3 Å². The number of aromatic amines is 1. The molecule has 3 rings (SSSR count). The van der Waals surface area contributed by atoms with Gasteiger partial charge in [-0.05, 0) is 30.2 Å². The van der Waals surface area contributed by atoms with E-state index in [0.717, 1.165) is 28.6 Å². The molecule has 0 saturated carbocycles. The number of nitrogens with one attached hydrogen (secondary N) is 3. The molecule has 0 saturated heterocycles. The summed E-state index contributed by atoms with van der Waals surface area (Å²) in [5.74, 6) is -1.47. The Kier molecular flexibility index (Phi) is 7.43. The van der Waals surface area contributed by atoms with Crippen LogP contribution in [0.25, 0.3) is 10.9 Å². The summed E-state index contributed by atoms with van der Waals surface area (Å²) in [6.45, 7) is -0.174. The SMILES string of the molecule is N[C@@H](COC(=O)Nc1cc(Cl)cc(S(=O)(=O)O)c1O)C(=O)NCCc1c[nH]c2ccccc12. The lowest BCUT2D eigenvalue weighted by Gasteiger charge is -2.14. The van der Waals surface area contributed by atoms with Gasteiger partial charge in [0.05, 0.1) is 5.69 Å². The average Bonchev–Trinajstić information content (AvgIpc) is 3.16. The smallest absolute Gasteiger partial charge is 0.411 e. The van der Waals surface area contributed by atoms with Gasteiger partial charge in [0.15, 0.2) is 5.75 Å². The third-order valence-electron chi connectivity index (χ3n) is 4.65. The van der Waals surface area contributed by atoms with Gasteiger partial charge in [0, 0.05) is 28.7 Å². The number of amides is 2. The second kappa shape index (κ2) is 10.1. The molecule has 0 unspecified atom stereocenters. The van der Waals surface area contributed by atoms with Crippen molar-refractivity contribution < 1.29 is 32.4 Å². The number of benzene rings is 2. The second-order valence-corrected chi connectivity index (χ2v) is 8.83. The minimum Gasteiger partial charge on any atom is -0.504 e. The van der Waals surface area contributed by atoms with Crippen molar-refractivity contribution in [3.63, 3.8) is 0 Å². The van der Waals surface area contributed by atoms with Crippen LogP contribution in [0.1, 0.15) is 5.56 Å². The van der Waals surface area contributed by atoms with Crippen LogP contribution in [0, 0.1) is 0 Å². The summed E-state index contributed by atoms with van der Waals surface area (Å²) in [6.07, 6.45) is 1.30. The van der Waals surface area contributed by atoms with Crippen LogP contribution in [-0.2, 0) is 26.1 Å². The van der Waals surface area contributed by atoms with E-state index >= 15 is 0 Å². The number of carbonyl (C=O) groups excluding carboxylic acids is 2. The van der Waals surface area contributed by atoms with Gasteiger partial charge >= 0.3 is 6.09 Å². The van der Waals surface area contributed by atoms with E-state index in [0.29, 0.717) is 13.0 Å². The highest BCUT2D eigenvalue weighted by atomic mass is 35.5. The molecular weight excluding hydrogens is 476 g/mol. The number of carbonyl (C=O) groups is 2. The number of halogens is 1. The summed E-state index contributed by atoms with van der Waals surface area (Å²) in [6, 6.07) is 8.44. The molecule has 1 aromatic heterocycles. The van der Waals surface area contributed by atoms with Gasteiger partial charge in [-0.25, -0.2) is 4.79 Å². The first kappa shape index (κ1) is 24.3. The molecule has 0 radical (unpaired) electrons. The number of H-pyrrole nitrogens is 1. The van der Waals surface area contributed by atoms with Gasteiger partial charge in [-0.2, -0.15) is 8.42 Å². The summed E-state index contributed by atoms with van der Waals surface area (Å²) < 4.78 is 36.6. The van der Waals surface area contributed by atoms with E-state index in [1.165, 1.54) is 0 Å². The Hall–Kier alpha value is -3.32. The van der Waals surface area contributed by atoms with Gasteiger partial charge in [-0.1, -0.05) is 29.8 Å². The van der Waals surface area contributed by atoms with Gasteiger partial charge in [0.25, 0.3) is 10.1 Å². The first-order chi connectivity index (χ1) is 15.6. The molecule has 0 spiro atoms. The van der Waals surface area contributed by atoms with Crippen molar-refractivity contribution in [1.29, 1.82) is 0 Å². The molecule has 0 aliphatic carbocycles. The Labute approximate surface area is 193 Å². The van der Waals surface area contributed by atoms with Gasteiger partial charge in [0.2, 0.25) is 5.91 Å². The summed E-state index contributed by atoms with van der Waals surface area (Å²) >= 11 is 5.74. The zero-order valence-corrected chi connectivity index (χ0v) is 18.6. The largest absolute Gasteiger partial charge is 0.504 e. The van der Waals surface area contributed by atoms with Crippen molar-refractivity contribution in [1.82, 2.24) is 10.3 Å². The third kappa shape index (κ3) is 6.14. The van der Waals surface area contributed by atoms with E-state index in [-0.39, 0.29) is 5.02 Å². The zero-order valence-electron chi connectivity index (χ0n) is 17.0. The minimum absolute atomic E-state index is 0.179. The molecule has 2 aromatic carbocycles. The van der Waals surface area contributed by atoms with Gasteiger partial charge in [-0.15, -0.1) is 0 Å². The predicted molar refractivity (Wildman–Crippen MR) is 121 cm³/mol. The molecule has 0 bridgehead atoms. The van der Waals surface area contributed by atoms with E-state index in [2.05, 4.69) is 15.6 Å². The number of para-hydroxylation sites is 1. The van der Waals surface area contributed by atoms with Gasteiger partial charge in [-0.3, -0.25) is 14.7 Å². The first-order valence-corrected chi connectivity index (χ1v) is 11.4. The van der Waals surface area contributed by atoms with Crippen molar-refractivity contribution in [3.8, 4) is 5.75 Å². The Morgan fingerprint density at radius 2 is 1.97 bits per heavy atom. The Balaban J connectivity index is 1.49. The van der Waals surface area contributed by atoms with E-state index in [4.69, 9.17) is 26.6 Å². The van der Waals surface area contributed by atoms with Crippen LogP contribution in [-0.4, -0.2) is 54.3 Å². The molecule has 7 N–H and O–H groups in total. The third-order valence-corrected chi connectivity index (χ3v) is 5.74. The van der Waals surface area contributed by atoms with Crippen LogP contribution < -0.4 is 16.4 Å². The summed E-state index contributed by atoms with van der Waals surface area (Å²) in [5.41, 5.74) is 7.34. The molecule has 0 aliphatic rings. The number of phenolic OH excluding ortho intramolecular Hbond substituents is 1. The van der Waals surface area contributed by atoms with E-state index in [9.17, 15) is 23.1 Å². The molecule has 13 heteroatoms. The number of aromatic hydroxyl groups is 1. The number of nitrogens with two attached hydrogens (primary N) is 1. The molecular formula is C20H21ClN4O7S. The Morgan fingerprint density at radius 3 is 2.70 bits per heavy atom. The summed E-state index contributed by atoms with van der Waals surface area (Å²) in [7, 11) is -4.79. The first-order valence-electron chi connectivity index (χ1n) is 9.58. The van der Waals surface area contributed by atoms with E-state index in [1.807, 2.05) is 30.5 Å². The average molecular weight is 497 g/mol. The number of phenols is 1. The Bertz CT molecular complexity index is 1290. The quantitative estimate of drug-likeness (QED) is 0.202. The number of hydrogen-bond donors (Lipinski definition) is 6. The fraction of sp³-hybridized carbons (Fsp3) is 0.200.